The van der Waals surface area contributed by atoms with Crippen LogP contribution in [0.4, 0.5) is 0 Å². The minimum Gasteiger partial charge on any atom is -0.377 e. The first-order valence-corrected chi connectivity index (χ1v) is 8.67. The highest BCUT2D eigenvalue weighted by Crippen LogP contribution is 2.51. The number of aliphatic imine (C=N–C) groups is 1. The number of nitrogens with two attached hydrogens (primary N) is 1. The number of rotatable bonds is 4. The summed E-state index contributed by atoms with van der Waals surface area (Å²) in [5.74, 6) is 1.16. The first kappa shape index (κ1) is 18.0. The summed E-state index contributed by atoms with van der Waals surface area (Å²) >= 11 is 1.77. The third kappa shape index (κ3) is 3.59. The monoisotopic (exact) mass is 435 g/mol. The van der Waals surface area contributed by atoms with Gasteiger partial charge in [-0.2, -0.15) is 0 Å². The third-order valence-corrected chi connectivity index (χ3v) is 5.79. The number of fused-ring (bicyclic) bond motifs is 1. The second-order valence-corrected chi connectivity index (χ2v) is 7.67. The average molecular weight is 435 g/mol. The number of halogens is 1. The van der Waals surface area contributed by atoms with Crippen LogP contribution in [-0.2, 0) is 11.2 Å². The van der Waals surface area contributed by atoms with Gasteiger partial charge in [0.2, 0.25) is 0 Å². The fraction of sp³-hybridized carbons (Fsp3) is 0.688. The SMILES string of the molecule is CC1(C)C(NC(N)=NCCc2cccs2)C2CCCOC21.I. The molecule has 1 aliphatic carbocycles. The van der Waals surface area contributed by atoms with Crippen LogP contribution in [0.15, 0.2) is 22.5 Å². The van der Waals surface area contributed by atoms with Gasteiger partial charge < -0.3 is 15.8 Å². The van der Waals surface area contributed by atoms with Crippen molar-refractivity contribution >= 4 is 41.3 Å². The first-order chi connectivity index (χ1) is 10.1. The quantitative estimate of drug-likeness (QED) is 0.434. The summed E-state index contributed by atoms with van der Waals surface area (Å²) < 4.78 is 5.91. The lowest BCUT2D eigenvalue weighted by molar-refractivity contribution is -0.188. The summed E-state index contributed by atoms with van der Waals surface area (Å²) in [6.07, 6.45) is 3.73. The average Bonchev–Trinajstić information content (AvgIpc) is 2.98. The van der Waals surface area contributed by atoms with E-state index in [1.165, 1.54) is 11.3 Å². The molecule has 0 radical (unpaired) electrons. The molecule has 2 heterocycles. The van der Waals surface area contributed by atoms with Crippen LogP contribution in [0.1, 0.15) is 31.6 Å². The van der Waals surface area contributed by atoms with Crippen LogP contribution < -0.4 is 11.1 Å². The predicted molar refractivity (Wildman–Crippen MR) is 103 cm³/mol. The molecule has 4 nitrogen and oxygen atoms in total. The second-order valence-electron chi connectivity index (χ2n) is 6.64. The first-order valence-electron chi connectivity index (χ1n) is 7.79. The van der Waals surface area contributed by atoms with Gasteiger partial charge in [0, 0.05) is 41.8 Å². The zero-order valence-electron chi connectivity index (χ0n) is 13.2. The van der Waals surface area contributed by atoms with Gasteiger partial charge in [-0.3, -0.25) is 4.99 Å². The smallest absolute Gasteiger partial charge is 0.188 e. The van der Waals surface area contributed by atoms with Crippen molar-refractivity contribution in [3.05, 3.63) is 22.4 Å². The van der Waals surface area contributed by atoms with Crippen LogP contribution in [0.3, 0.4) is 0 Å². The molecule has 22 heavy (non-hydrogen) atoms. The van der Waals surface area contributed by atoms with E-state index in [9.17, 15) is 0 Å². The molecule has 2 aliphatic rings. The topological polar surface area (TPSA) is 59.6 Å². The maximum atomic E-state index is 6.07. The molecule has 124 valence electrons. The van der Waals surface area contributed by atoms with Crippen molar-refractivity contribution in [1.29, 1.82) is 0 Å². The van der Waals surface area contributed by atoms with E-state index in [0.29, 0.717) is 24.0 Å². The molecule has 3 unspecified atom stereocenters. The number of hydrogen-bond donors (Lipinski definition) is 2. The second kappa shape index (κ2) is 7.49. The Balaban J connectivity index is 0.00000176. The zero-order chi connectivity index (χ0) is 14.9. The third-order valence-electron chi connectivity index (χ3n) is 4.85. The van der Waals surface area contributed by atoms with Gasteiger partial charge in [-0.05, 0) is 24.3 Å². The highest BCUT2D eigenvalue weighted by Gasteiger charge is 2.58. The predicted octanol–water partition coefficient (Wildman–Crippen LogP) is 3.02. The summed E-state index contributed by atoms with van der Waals surface area (Å²) in [6.45, 7) is 6.17. The Morgan fingerprint density at radius 2 is 2.36 bits per heavy atom. The number of ether oxygens (including phenoxy) is 1. The van der Waals surface area contributed by atoms with E-state index in [-0.39, 0.29) is 29.4 Å². The molecule has 2 fully saturated rings. The van der Waals surface area contributed by atoms with E-state index in [2.05, 4.69) is 41.7 Å². The Morgan fingerprint density at radius 3 is 3.09 bits per heavy atom. The van der Waals surface area contributed by atoms with Gasteiger partial charge in [0.1, 0.15) is 0 Å². The van der Waals surface area contributed by atoms with Crippen molar-refractivity contribution in [1.82, 2.24) is 5.32 Å². The van der Waals surface area contributed by atoms with Crippen LogP contribution in [0.2, 0.25) is 0 Å². The van der Waals surface area contributed by atoms with E-state index in [0.717, 1.165) is 26.0 Å². The summed E-state index contributed by atoms with van der Waals surface area (Å²) in [7, 11) is 0. The highest BCUT2D eigenvalue weighted by atomic mass is 127. The Bertz CT molecular complexity index is 503. The molecular weight excluding hydrogens is 409 g/mol. The number of hydrogen-bond acceptors (Lipinski definition) is 3. The fourth-order valence-corrected chi connectivity index (χ4v) is 4.46. The standard InChI is InChI=1S/C16H25N3OS.HI/c1-16(2)13(12-6-3-9-20-14(12)16)19-15(17)18-8-7-11-5-4-10-21-11;/h4-5,10,12-14H,3,6-9H2,1-2H3,(H3,17,18,19);1H. The summed E-state index contributed by atoms with van der Waals surface area (Å²) in [5, 5.41) is 5.54. The molecule has 0 amide bonds. The van der Waals surface area contributed by atoms with E-state index >= 15 is 0 Å². The van der Waals surface area contributed by atoms with Crippen molar-refractivity contribution in [3.8, 4) is 0 Å². The lowest BCUT2D eigenvalue weighted by Gasteiger charge is -2.60. The van der Waals surface area contributed by atoms with Crippen molar-refractivity contribution in [3.63, 3.8) is 0 Å². The minimum absolute atomic E-state index is 0. The normalized spacial score (nSPS) is 29.9. The largest absolute Gasteiger partial charge is 0.377 e. The van der Waals surface area contributed by atoms with E-state index in [1.807, 2.05) is 0 Å². The van der Waals surface area contributed by atoms with Crippen LogP contribution >= 0.6 is 35.3 Å². The van der Waals surface area contributed by atoms with Gasteiger partial charge in [-0.25, -0.2) is 0 Å². The van der Waals surface area contributed by atoms with Crippen LogP contribution in [-0.4, -0.2) is 31.3 Å². The van der Waals surface area contributed by atoms with E-state index < -0.39 is 0 Å². The van der Waals surface area contributed by atoms with Gasteiger partial charge in [0.25, 0.3) is 0 Å². The van der Waals surface area contributed by atoms with Crippen LogP contribution in [0.25, 0.3) is 0 Å². The fourth-order valence-electron chi connectivity index (χ4n) is 3.76. The van der Waals surface area contributed by atoms with E-state index in [4.69, 9.17) is 10.5 Å². The Labute approximate surface area is 153 Å². The van der Waals surface area contributed by atoms with Crippen molar-refractivity contribution in [2.24, 2.45) is 22.1 Å². The van der Waals surface area contributed by atoms with Crippen LogP contribution in [0, 0.1) is 11.3 Å². The Morgan fingerprint density at radius 1 is 1.55 bits per heavy atom. The van der Waals surface area contributed by atoms with Crippen LogP contribution in [0.5, 0.6) is 0 Å². The summed E-state index contributed by atoms with van der Waals surface area (Å²) in [4.78, 5) is 5.83. The van der Waals surface area contributed by atoms with Crippen molar-refractivity contribution < 1.29 is 4.74 Å². The molecule has 1 saturated heterocycles. The summed E-state index contributed by atoms with van der Waals surface area (Å²) in [5.41, 5.74) is 6.21. The molecule has 3 atom stereocenters. The lowest BCUT2D eigenvalue weighted by atomic mass is 9.55. The highest BCUT2D eigenvalue weighted by molar-refractivity contribution is 14.0. The maximum Gasteiger partial charge on any atom is 0.188 e. The molecule has 1 aromatic heterocycles. The molecule has 3 N–H and O–H groups in total. The van der Waals surface area contributed by atoms with Gasteiger partial charge in [0.15, 0.2) is 5.96 Å². The molecule has 1 aliphatic heterocycles. The molecule has 1 aromatic rings. The summed E-state index contributed by atoms with van der Waals surface area (Å²) in [6, 6.07) is 4.60. The molecule has 0 spiro atoms. The van der Waals surface area contributed by atoms with Gasteiger partial charge in [-0.1, -0.05) is 19.9 Å². The van der Waals surface area contributed by atoms with Gasteiger partial charge in [0.05, 0.1) is 6.10 Å². The molecule has 0 bridgehead atoms. The number of guanidine groups is 1. The van der Waals surface area contributed by atoms with Gasteiger partial charge in [-0.15, -0.1) is 35.3 Å². The van der Waals surface area contributed by atoms with Crippen molar-refractivity contribution in [2.45, 2.75) is 45.3 Å². The Hall–Kier alpha value is -0.340. The Kier molecular flexibility index (Phi) is 6.13. The van der Waals surface area contributed by atoms with E-state index in [1.54, 1.807) is 11.3 Å². The minimum atomic E-state index is 0. The molecule has 0 aromatic carbocycles. The number of thiophene rings is 1. The maximum absolute atomic E-state index is 6.07. The molecule has 1 saturated carbocycles. The lowest BCUT2D eigenvalue weighted by Crippen LogP contribution is -2.70. The molecule has 3 rings (SSSR count). The number of nitrogens with one attached hydrogen (secondary N) is 1. The number of nitrogens with zero attached hydrogens (tertiary/aromatic N) is 1. The molecular formula is C16H26IN3OS. The zero-order valence-corrected chi connectivity index (χ0v) is 16.4. The van der Waals surface area contributed by atoms with Crippen molar-refractivity contribution in [2.75, 3.05) is 13.2 Å². The molecule has 6 heteroatoms. The van der Waals surface area contributed by atoms with Gasteiger partial charge >= 0.3 is 0 Å².